The first-order valence-corrected chi connectivity index (χ1v) is 7.28. The molecule has 0 aliphatic heterocycles. The lowest BCUT2D eigenvalue weighted by Gasteiger charge is -2.25. The molecule has 94 valence electrons. The van der Waals surface area contributed by atoms with E-state index >= 15 is 0 Å². The first-order valence-electron chi connectivity index (χ1n) is 5.28. The second-order valence-corrected chi connectivity index (χ2v) is 7.34. The standard InChI is InChI=1S/C12H15BrINO2/c1-12(2,3)11(13)6-8-4-5-9(15(16)17)7-10(8)14/h4-5,7,11H,6H2,1-3H3. The number of hydrogen-bond donors (Lipinski definition) is 0. The van der Waals surface area contributed by atoms with Gasteiger partial charge in [0.2, 0.25) is 0 Å². The second-order valence-electron chi connectivity index (χ2n) is 5.07. The number of nitrogens with zero attached hydrogens (tertiary/aromatic N) is 1. The molecule has 0 aliphatic carbocycles. The van der Waals surface area contributed by atoms with E-state index in [2.05, 4.69) is 59.3 Å². The highest BCUT2D eigenvalue weighted by molar-refractivity contribution is 14.1. The van der Waals surface area contributed by atoms with E-state index in [4.69, 9.17) is 0 Å². The number of rotatable bonds is 3. The van der Waals surface area contributed by atoms with E-state index in [-0.39, 0.29) is 16.0 Å². The van der Waals surface area contributed by atoms with Gasteiger partial charge in [0.15, 0.2) is 0 Å². The minimum absolute atomic E-state index is 0.153. The van der Waals surface area contributed by atoms with Gasteiger partial charge in [-0.15, -0.1) is 0 Å². The molecule has 1 rings (SSSR count). The van der Waals surface area contributed by atoms with Crippen molar-refractivity contribution < 1.29 is 4.92 Å². The second kappa shape index (κ2) is 5.65. The summed E-state index contributed by atoms with van der Waals surface area (Å²) in [4.78, 5) is 10.6. The van der Waals surface area contributed by atoms with Crippen molar-refractivity contribution in [1.29, 1.82) is 0 Å². The van der Waals surface area contributed by atoms with E-state index in [0.29, 0.717) is 4.83 Å². The van der Waals surface area contributed by atoms with Crippen molar-refractivity contribution in [2.75, 3.05) is 0 Å². The van der Waals surface area contributed by atoms with Gasteiger partial charge in [0, 0.05) is 20.5 Å². The van der Waals surface area contributed by atoms with Gasteiger partial charge in [-0.1, -0.05) is 42.8 Å². The molecule has 1 aromatic carbocycles. The lowest BCUT2D eigenvalue weighted by atomic mass is 9.88. The lowest BCUT2D eigenvalue weighted by molar-refractivity contribution is -0.385. The van der Waals surface area contributed by atoms with Gasteiger partial charge in [0.05, 0.1) is 4.92 Å². The molecule has 0 bridgehead atoms. The molecule has 0 N–H and O–H groups in total. The fourth-order valence-corrected chi connectivity index (χ4v) is 2.38. The van der Waals surface area contributed by atoms with Crippen LogP contribution in [0.3, 0.4) is 0 Å². The van der Waals surface area contributed by atoms with Crippen LogP contribution in [0.1, 0.15) is 26.3 Å². The van der Waals surface area contributed by atoms with Crippen LogP contribution in [0.25, 0.3) is 0 Å². The highest BCUT2D eigenvalue weighted by atomic mass is 127. The van der Waals surface area contributed by atoms with Crippen LogP contribution >= 0.6 is 38.5 Å². The van der Waals surface area contributed by atoms with Crippen molar-refractivity contribution in [1.82, 2.24) is 0 Å². The Kier molecular flexibility index (Phi) is 4.95. The fourth-order valence-electron chi connectivity index (χ4n) is 1.31. The fraction of sp³-hybridized carbons (Fsp3) is 0.500. The van der Waals surface area contributed by atoms with Crippen LogP contribution in [-0.2, 0) is 6.42 Å². The Labute approximate surface area is 123 Å². The molecule has 0 aromatic heterocycles. The molecule has 0 amide bonds. The van der Waals surface area contributed by atoms with Crippen LogP contribution in [0, 0.1) is 19.1 Å². The van der Waals surface area contributed by atoms with E-state index < -0.39 is 0 Å². The summed E-state index contributed by atoms with van der Waals surface area (Å²) in [5, 5.41) is 10.6. The number of alkyl halides is 1. The highest BCUT2D eigenvalue weighted by Crippen LogP contribution is 2.31. The van der Waals surface area contributed by atoms with Gasteiger partial charge in [0.25, 0.3) is 5.69 Å². The Hall–Kier alpha value is -0.170. The van der Waals surface area contributed by atoms with Crippen molar-refractivity contribution in [3.8, 4) is 0 Å². The van der Waals surface area contributed by atoms with Crippen molar-refractivity contribution in [2.45, 2.75) is 32.0 Å². The lowest BCUT2D eigenvalue weighted by Crippen LogP contribution is -2.22. The first-order chi connectivity index (χ1) is 7.71. The SMILES string of the molecule is CC(C)(C)C(Br)Cc1ccc([N+](=O)[O-])cc1I. The number of nitro groups is 1. The van der Waals surface area contributed by atoms with E-state index in [1.165, 1.54) is 0 Å². The monoisotopic (exact) mass is 411 g/mol. The Morgan fingerprint density at radius 3 is 2.47 bits per heavy atom. The van der Waals surface area contributed by atoms with Gasteiger partial charge in [0.1, 0.15) is 0 Å². The Morgan fingerprint density at radius 1 is 1.47 bits per heavy atom. The molecule has 1 atom stereocenters. The number of nitro benzene ring substituents is 1. The molecule has 0 spiro atoms. The number of hydrogen-bond acceptors (Lipinski definition) is 2. The maximum atomic E-state index is 10.6. The van der Waals surface area contributed by atoms with Gasteiger partial charge in [-0.25, -0.2) is 0 Å². The summed E-state index contributed by atoms with van der Waals surface area (Å²) in [6, 6.07) is 5.04. The normalized spacial score (nSPS) is 13.5. The number of halogens is 2. The molecule has 1 unspecified atom stereocenters. The average Bonchev–Trinajstić information content (AvgIpc) is 2.19. The zero-order valence-electron chi connectivity index (χ0n) is 10.0. The smallest absolute Gasteiger partial charge is 0.258 e. The van der Waals surface area contributed by atoms with Crippen LogP contribution in [0.5, 0.6) is 0 Å². The third-order valence-electron chi connectivity index (χ3n) is 2.59. The summed E-state index contributed by atoms with van der Waals surface area (Å²) in [5.74, 6) is 0. The molecule has 0 saturated heterocycles. The average molecular weight is 412 g/mol. The third-order valence-corrected chi connectivity index (χ3v) is 5.29. The first kappa shape index (κ1) is 14.9. The summed E-state index contributed by atoms with van der Waals surface area (Å²) >= 11 is 5.84. The minimum atomic E-state index is -0.360. The summed E-state index contributed by atoms with van der Waals surface area (Å²) in [7, 11) is 0. The summed E-state index contributed by atoms with van der Waals surface area (Å²) in [5.41, 5.74) is 1.47. The van der Waals surface area contributed by atoms with Gasteiger partial charge < -0.3 is 0 Å². The molecular weight excluding hydrogens is 397 g/mol. The summed E-state index contributed by atoms with van der Waals surface area (Å²) in [6.07, 6.45) is 0.875. The molecule has 17 heavy (non-hydrogen) atoms. The third kappa shape index (κ3) is 4.21. The zero-order valence-corrected chi connectivity index (χ0v) is 13.8. The number of non-ortho nitro benzene ring substituents is 1. The van der Waals surface area contributed by atoms with Crippen LogP contribution in [0.15, 0.2) is 18.2 Å². The molecule has 0 saturated carbocycles. The molecule has 1 aromatic rings. The van der Waals surface area contributed by atoms with Gasteiger partial charge in [-0.3, -0.25) is 10.1 Å². The quantitative estimate of drug-likeness (QED) is 0.317. The van der Waals surface area contributed by atoms with E-state index in [9.17, 15) is 10.1 Å². The Morgan fingerprint density at radius 2 is 2.06 bits per heavy atom. The van der Waals surface area contributed by atoms with Gasteiger partial charge in [-0.05, 0) is 40.0 Å². The molecule has 5 heteroatoms. The molecule has 3 nitrogen and oxygen atoms in total. The topological polar surface area (TPSA) is 43.1 Å². The van der Waals surface area contributed by atoms with Crippen LogP contribution in [0.4, 0.5) is 5.69 Å². The highest BCUT2D eigenvalue weighted by Gasteiger charge is 2.23. The Balaban J connectivity index is 2.90. The van der Waals surface area contributed by atoms with Crippen LogP contribution < -0.4 is 0 Å². The van der Waals surface area contributed by atoms with Crippen LogP contribution in [-0.4, -0.2) is 9.75 Å². The predicted octanol–water partition coefficient (Wildman–Crippen LogP) is 4.55. The van der Waals surface area contributed by atoms with E-state index in [0.717, 1.165) is 15.6 Å². The summed E-state index contributed by atoms with van der Waals surface area (Å²) < 4.78 is 0.950. The van der Waals surface area contributed by atoms with Gasteiger partial charge in [-0.2, -0.15) is 0 Å². The summed E-state index contributed by atoms with van der Waals surface area (Å²) in [6.45, 7) is 6.51. The van der Waals surface area contributed by atoms with E-state index in [1.54, 1.807) is 12.1 Å². The molecule has 0 heterocycles. The molecule has 0 fully saturated rings. The zero-order chi connectivity index (χ0) is 13.2. The molecular formula is C12H15BrINO2. The van der Waals surface area contributed by atoms with Crippen molar-refractivity contribution in [3.05, 3.63) is 37.4 Å². The molecule has 0 aliphatic rings. The van der Waals surface area contributed by atoms with Gasteiger partial charge >= 0.3 is 0 Å². The number of benzene rings is 1. The van der Waals surface area contributed by atoms with Crippen LogP contribution in [0.2, 0.25) is 0 Å². The predicted molar refractivity (Wildman–Crippen MR) is 81.7 cm³/mol. The van der Waals surface area contributed by atoms with Crippen molar-refractivity contribution in [2.24, 2.45) is 5.41 Å². The minimum Gasteiger partial charge on any atom is -0.258 e. The Bertz CT molecular complexity index is 429. The maximum absolute atomic E-state index is 10.6. The van der Waals surface area contributed by atoms with E-state index in [1.807, 2.05) is 6.07 Å². The van der Waals surface area contributed by atoms with Crippen molar-refractivity contribution >= 4 is 44.2 Å². The maximum Gasteiger partial charge on any atom is 0.270 e. The van der Waals surface area contributed by atoms with Crippen molar-refractivity contribution in [3.63, 3.8) is 0 Å². The molecule has 0 radical (unpaired) electrons. The largest absolute Gasteiger partial charge is 0.270 e.